The third kappa shape index (κ3) is 1.16. The fourth-order valence-electron chi connectivity index (χ4n) is 1.47. The summed E-state index contributed by atoms with van der Waals surface area (Å²) in [5, 5.41) is 0. The van der Waals surface area contributed by atoms with Gasteiger partial charge in [-0.25, -0.2) is 4.98 Å². The van der Waals surface area contributed by atoms with Gasteiger partial charge in [0, 0.05) is 20.3 Å². The van der Waals surface area contributed by atoms with Crippen molar-refractivity contribution in [2.45, 2.75) is 6.92 Å². The summed E-state index contributed by atoms with van der Waals surface area (Å²) in [5.74, 6) is 1.04. The van der Waals surface area contributed by atoms with Crippen LogP contribution in [0, 0.1) is 6.92 Å². The summed E-state index contributed by atoms with van der Waals surface area (Å²) in [6, 6.07) is 4.13. The van der Waals surface area contributed by atoms with E-state index in [1.54, 1.807) is 0 Å². The number of imidazole rings is 1. The molecular weight excluding hydrogens is 162 g/mol. The topological polar surface area (TPSA) is 22.8 Å². The van der Waals surface area contributed by atoms with Crippen LogP contribution in [0.15, 0.2) is 24.5 Å². The molecule has 13 heavy (non-hydrogen) atoms. The van der Waals surface area contributed by atoms with Crippen molar-refractivity contribution in [3.8, 4) is 11.4 Å². The third-order valence-electron chi connectivity index (χ3n) is 2.43. The second kappa shape index (κ2) is 2.76. The normalized spacial score (nSPS) is 10.7. The van der Waals surface area contributed by atoms with Gasteiger partial charge in [-0.2, -0.15) is 0 Å². The number of hydrogen-bond acceptors (Lipinski definition) is 1. The van der Waals surface area contributed by atoms with Gasteiger partial charge in [-0.1, -0.05) is 0 Å². The molecule has 0 radical (unpaired) electrons. The van der Waals surface area contributed by atoms with Crippen LogP contribution in [-0.4, -0.2) is 14.1 Å². The lowest BCUT2D eigenvalue weighted by Gasteiger charge is -2.04. The van der Waals surface area contributed by atoms with Gasteiger partial charge in [-0.3, -0.25) is 0 Å². The van der Waals surface area contributed by atoms with E-state index in [4.69, 9.17) is 0 Å². The summed E-state index contributed by atoms with van der Waals surface area (Å²) in [6.07, 6.45) is 3.95. The first-order chi connectivity index (χ1) is 6.20. The predicted molar refractivity (Wildman–Crippen MR) is 52.4 cm³/mol. The van der Waals surface area contributed by atoms with Crippen LogP contribution < -0.4 is 0 Å². The van der Waals surface area contributed by atoms with Crippen LogP contribution in [0.25, 0.3) is 11.4 Å². The molecule has 2 aromatic heterocycles. The maximum absolute atomic E-state index is 4.26. The Morgan fingerprint density at radius 1 is 1.23 bits per heavy atom. The minimum absolute atomic E-state index is 1.04. The average Bonchev–Trinajstić information content (AvgIpc) is 2.62. The van der Waals surface area contributed by atoms with E-state index >= 15 is 0 Å². The Balaban J connectivity index is 2.59. The number of aromatic nitrogens is 3. The summed E-state index contributed by atoms with van der Waals surface area (Å²) >= 11 is 0. The lowest BCUT2D eigenvalue weighted by Crippen LogP contribution is -1.97. The Morgan fingerprint density at radius 2 is 2.00 bits per heavy atom. The highest BCUT2D eigenvalue weighted by molar-refractivity contribution is 5.55. The van der Waals surface area contributed by atoms with Gasteiger partial charge < -0.3 is 9.13 Å². The van der Waals surface area contributed by atoms with Gasteiger partial charge in [0.2, 0.25) is 0 Å². The first kappa shape index (κ1) is 8.10. The third-order valence-corrected chi connectivity index (χ3v) is 2.43. The molecule has 3 nitrogen and oxygen atoms in total. The van der Waals surface area contributed by atoms with Gasteiger partial charge in [0.15, 0.2) is 0 Å². The molecule has 0 atom stereocenters. The Kier molecular flexibility index (Phi) is 1.72. The smallest absolute Gasteiger partial charge is 0.105 e. The minimum atomic E-state index is 1.04. The number of aryl methyl sites for hydroxylation is 2. The van der Waals surface area contributed by atoms with Crippen LogP contribution in [0.1, 0.15) is 5.82 Å². The van der Waals surface area contributed by atoms with Gasteiger partial charge in [-0.05, 0) is 19.1 Å². The van der Waals surface area contributed by atoms with Crippen LogP contribution in [0.4, 0.5) is 0 Å². The van der Waals surface area contributed by atoms with Gasteiger partial charge in [0.1, 0.15) is 5.82 Å². The molecule has 0 fully saturated rings. The quantitative estimate of drug-likeness (QED) is 0.647. The molecule has 2 aromatic rings. The largest absolute Gasteiger partial charge is 0.349 e. The van der Waals surface area contributed by atoms with Crippen LogP contribution in [-0.2, 0) is 14.1 Å². The SMILES string of the molecule is Cc1ncc(-c2cccn2C)n1C. The van der Waals surface area contributed by atoms with Crippen molar-refractivity contribution < 1.29 is 0 Å². The standard InChI is InChI=1S/C10H13N3/c1-8-11-7-10(13(8)3)9-5-4-6-12(9)2/h4-7H,1-3H3. The van der Waals surface area contributed by atoms with Crippen molar-refractivity contribution in [3.05, 3.63) is 30.4 Å². The van der Waals surface area contributed by atoms with Crippen LogP contribution >= 0.6 is 0 Å². The van der Waals surface area contributed by atoms with E-state index in [2.05, 4.69) is 20.2 Å². The summed E-state index contributed by atoms with van der Waals surface area (Å²) in [5.41, 5.74) is 2.35. The second-order valence-electron chi connectivity index (χ2n) is 3.25. The van der Waals surface area contributed by atoms with Gasteiger partial charge >= 0.3 is 0 Å². The minimum Gasteiger partial charge on any atom is -0.349 e. The molecule has 0 aromatic carbocycles. The molecule has 0 aliphatic carbocycles. The molecule has 0 spiro atoms. The van der Waals surface area contributed by atoms with Gasteiger partial charge in [0.05, 0.1) is 17.6 Å². The Labute approximate surface area is 77.6 Å². The van der Waals surface area contributed by atoms with Crippen molar-refractivity contribution in [2.24, 2.45) is 14.1 Å². The molecule has 3 heteroatoms. The molecular formula is C10H13N3. The maximum atomic E-state index is 4.26. The lowest BCUT2D eigenvalue weighted by atomic mass is 10.3. The zero-order valence-corrected chi connectivity index (χ0v) is 8.15. The Bertz CT molecular complexity index is 423. The number of rotatable bonds is 1. The van der Waals surface area contributed by atoms with E-state index in [-0.39, 0.29) is 0 Å². The van der Waals surface area contributed by atoms with E-state index in [9.17, 15) is 0 Å². The highest BCUT2D eigenvalue weighted by Crippen LogP contribution is 2.18. The molecule has 0 bridgehead atoms. The summed E-state index contributed by atoms with van der Waals surface area (Å²) in [7, 11) is 4.07. The fourth-order valence-corrected chi connectivity index (χ4v) is 1.47. The molecule has 0 aliphatic rings. The van der Waals surface area contributed by atoms with Crippen molar-refractivity contribution in [2.75, 3.05) is 0 Å². The van der Waals surface area contributed by atoms with Crippen molar-refractivity contribution in [1.29, 1.82) is 0 Å². The van der Waals surface area contributed by atoms with E-state index in [1.807, 2.05) is 39.5 Å². The number of nitrogens with zero attached hydrogens (tertiary/aromatic N) is 3. The molecule has 68 valence electrons. The zero-order chi connectivity index (χ0) is 9.42. The van der Waals surface area contributed by atoms with Crippen LogP contribution in [0.3, 0.4) is 0 Å². The highest BCUT2D eigenvalue weighted by Gasteiger charge is 2.06. The van der Waals surface area contributed by atoms with E-state index < -0.39 is 0 Å². The summed E-state index contributed by atoms with van der Waals surface area (Å²) < 4.78 is 4.19. The highest BCUT2D eigenvalue weighted by atomic mass is 15.1. The zero-order valence-electron chi connectivity index (χ0n) is 8.15. The molecule has 0 amide bonds. The second-order valence-corrected chi connectivity index (χ2v) is 3.25. The predicted octanol–water partition coefficient (Wildman–Crippen LogP) is 1.73. The maximum Gasteiger partial charge on any atom is 0.105 e. The molecule has 0 N–H and O–H groups in total. The molecule has 2 heterocycles. The van der Waals surface area contributed by atoms with Crippen LogP contribution in [0.2, 0.25) is 0 Å². The Morgan fingerprint density at radius 3 is 2.46 bits per heavy atom. The fraction of sp³-hybridized carbons (Fsp3) is 0.300. The monoisotopic (exact) mass is 175 g/mol. The molecule has 0 unspecified atom stereocenters. The first-order valence-corrected chi connectivity index (χ1v) is 4.30. The van der Waals surface area contributed by atoms with Crippen LogP contribution in [0.5, 0.6) is 0 Å². The summed E-state index contributed by atoms with van der Waals surface area (Å²) in [4.78, 5) is 4.26. The van der Waals surface area contributed by atoms with Crippen molar-refractivity contribution in [1.82, 2.24) is 14.1 Å². The Hall–Kier alpha value is -1.51. The van der Waals surface area contributed by atoms with E-state index in [0.29, 0.717) is 0 Å². The van der Waals surface area contributed by atoms with Gasteiger partial charge in [-0.15, -0.1) is 0 Å². The number of hydrogen-bond donors (Lipinski definition) is 0. The lowest BCUT2D eigenvalue weighted by molar-refractivity contribution is 0.845. The van der Waals surface area contributed by atoms with Crippen molar-refractivity contribution in [3.63, 3.8) is 0 Å². The molecule has 0 saturated heterocycles. The first-order valence-electron chi connectivity index (χ1n) is 4.30. The van der Waals surface area contributed by atoms with E-state index in [1.165, 1.54) is 5.69 Å². The molecule has 0 aliphatic heterocycles. The molecule has 2 rings (SSSR count). The van der Waals surface area contributed by atoms with Gasteiger partial charge in [0.25, 0.3) is 0 Å². The van der Waals surface area contributed by atoms with E-state index in [0.717, 1.165) is 11.5 Å². The van der Waals surface area contributed by atoms with Crippen molar-refractivity contribution >= 4 is 0 Å². The molecule has 0 saturated carbocycles. The summed E-state index contributed by atoms with van der Waals surface area (Å²) in [6.45, 7) is 2.01. The average molecular weight is 175 g/mol.